The van der Waals surface area contributed by atoms with E-state index in [0.29, 0.717) is 22.6 Å². The van der Waals surface area contributed by atoms with Gasteiger partial charge in [-0.05, 0) is 93.1 Å². The normalized spacial score (nSPS) is 29.6. The van der Waals surface area contributed by atoms with Gasteiger partial charge < -0.3 is 5.32 Å². The minimum absolute atomic E-state index is 0.0156. The molecule has 4 aliphatic carbocycles. The molecule has 1 aromatic carbocycles. The molecule has 2 unspecified atom stereocenters. The Labute approximate surface area is 265 Å². The molecule has 4 saturated carbocycles. The SMILES string of the molecule is CC(CCC12CC3CC(CC(C3)C1)C2)C(=O)NCc1nc(CSc2cccc3c2C(=O)N(C2CCC(=O)NC2=O)C3=O)cs1. The number of carbonyl (C=O) groups excluding carboxylic acids is 5. The van der Waals surface area contributed by atoms with Crippen LogP contribution in [-0.4, -0.2) is 45.5 Å². The Balaban J connectivity index is 0.914. The van der Waals surface area contributed by atoms with Crippen LogP contribution in [0.5, 0.6) is 0 Å². The summed E-state index contributed by atoms with van der Waals surface area (Å²) in [6.07, 6.45) is 10.8. The first-order chi connectivity index (χ1) is 21.2. The Kier molecular flexibility index (Phi) is 7.89. The molecule has 6 aliphatic rings. The van der Waals surface area contributed by atoms with Crippen molar-refractivity contribution in [3.05, 3.63) is 45.4 Å². The van der Waals surface area contributed by atoms with Crippen molar-refractivity contribution in [1.82, 2.24) is 20.5 Å². The maximum absolute atomic E-state index is 13.4. The topological polar surface area (TPSA) is 126 Å². The number of thioether (sulfide) groups is 1. The average molecular weight is 635 g/mol. The number of hydrogen-bond acceptors (Lipinski definition) is 8. The Morgan fingerprint density at radius 1 is 1.11 bits per heavy atom. The van der Waals surface area contributed by atoms with Crippen LogP contribution in [0.4, 0.5) is 0 Å². The molecule has 0 spiro atoms. The number of nitrogens with zero attached hydrogens (tertiary/aromatic N) is 2. The first kappa shape index (κ1) is 29.6. The molecule has 2 N–H and O–H groups in total. The van der Waals surface area contributed by atoms with Crippen molar-refractivity contribution in [2.75, 3.05) is 0 Å². The highest BCUT2D eigenvalue weighted by molar-refractivity contribution is 7.98. The molecule has 4 bridgehead atoms. The van der Waals surface area contributed by atoms with Gasteiger partial charge >= 0.3 is 0 Å². The Morgan fingerprint density at radius 2 is 1.84 bits per heavy atom. The molecule has 232 valence electrons. The molecule has 1 aromatic heterocycles. The summed E-state index contributed by atoms with van der Waals surface area (Å²) in [6, 6.07) is 4.13. The second kappa shape index (κ2) is 11.7. The molecule has 1 saturated heterocycles. The number of rotatable bonds is 10. The molecule has 2 atom stereocenters. The van der Waals surface area contributed by atoms with Gasteiger partial charge in [-0.3, -0.25) is 34.2 Å². The van der Waals surface area contributed by atoms with Crippen LogP contribution in [-0.2, 0) is 26.7 Å². The zero-order chi connectivity index (χ0) is 30.6. The minimum Gasteiger partial charge on any atom is -0.349 e. The number of amides is 5. The van der Waals surface area contributed by atoms with Crippen molar-refractivity contribution in [3.63, 3.8) is 0 Å². The highest BCUT2D eigenvalue weighted by Crippen LogP contribution is 2.61. The van der Waals surface area contributed by atoms with Crippen LogP contribution in [0.3, 0.4) is 0 Å². The van der Waals surface area contributed by atoms with E-state index in [1.54, 1.807) is 18.2 Å². The molecule has 11 heteroatoms. The van der Waals surface area contributed by atoms with Crippen LogP contribution in [0.1, 0.15) is 103 Å². The molecule has 9 nitrogen and oxygen atoms in total. The number of carbonyl (C=O) groups is 5. The van der Waals surface area contributed by atoms with Gasteiger partial charge in [-0.25, -0.2) is 4.98 Å². The van der Waals surface area contributed by atoms with Crippen LogP contribution >= 0.6 is 23.1 Å². The van der Waals surface area contributed by atoms with Crippen LogP contribution in [0, 0.1) is 29.1 Å². The van der Waals surface area contributed by atoms with Crippen LogP contribution < -0.4 is 10.6 Å². The monoisotopic (exact) mass is 634 g/mol. The largest absolute Gasteiger partial charge is 0.349 e. The van der Waals surface area contributed by atoms with Gasteiger partial charge in [0, 0.05) is 28.4 Å². The van der Waals surface area contributed by atoms with Gasteiger partial charge in [0.1, 0.15) is 11.0 Å². The van der Waals surface area contributed by atoms with E-state index < -0.39 is 29.7 Å². The van der Waals surface area contributed by atoms with Crippen molar-refractivity contribution in [2.45, 2.75) is 94.4 Å². The fourth-order valence-electron chi connectivity index (χ4n) is 8.84. The van der Waals surface area contributed by atoms with E-state index in [4.69, 9.17) is 4.98 Å². The number of fused-ring (bicyclic) bond motifs is 1. The van der Waals surface area contributed by atoms with E-state index in [-0.39, 0.29) is 35.8 Å². The summed E-state index contributed by atoms with van der Waals surface area (Å²) < 4.78 is 0. The molecular weight excluding hydrogens is 597 g/mol. The molecule has 2 aromatic rings. The maximum Gasteiger partial charge on any atom is 0.263 e. The van der Waals surface area contributed by atoms with Gasteiger partial charge in [-0.15, -0.1) is 23.1 Å². The average Bonchev–Trinajstić information content (AvgIpc) is 3.55. The first-order valence-corrected chi connectivity index (χ1v) is 17.7. The third kappa shape index (κ3) is 5.62. The van der Waals surface area contributed by atoms with Gasteiger partial charge in [-0.2, -0.15) is 0 Å². The molecule has 5 fully saturated rings. The number of hydrogen-bond donors (Lipinski definition) is 2. The number of piperidine rings is 1. The van der Waals surface area contributed by atoms with Crippen molar-refractivity contribution < 1.29 is 24.0 Å². The lowest BCUT2D eigenvalue weighted by Crippen LogP contribution is -2.54. The lowest BCUT2D eigenvalue weighted by atomic mass is 9.48. The van der Waals surface area contributed by atoms with Crippen LogP contribution in [0.15, 0.2) is 28.5 Å². The van der Waals surface area contributed by atoms with Crippen molar-refractivity contribution in [2.24, 2.45) is 29.1 Å². The first-order valence-electron chi connectivity index (χ1n) is 15.9. The van der Waals surface area contributed by atoms with Gasteiger partial charge in [0.15, 0.2) is 0 Å². The van der Waals surface area contributed by atoms with Gasteiger partial charge in [0.2, 0.25) is 17.7 Å². The molecule has 44 heavy (non-hydrogen) atoms. The van der Waals surface area contributed by atoms with Gasteiger partial charge in [0.05, 0.1) is 23.4 Å². The predicted molar refractivity (Wildman–Crippen MR) is 166 cm³/mol. The summed E-state index contributed by atoms with van der Waals surface area (Å²) in [7, 11) is 0. The van der Waals surface area contributed by atoms with Crippen molar-refractivity contribution in [3.8, 4) is 0 Å². The number of benzene rings is 1. The van der Waals surface area contributed by atoms with Crippen LogP contribution in [0.25, 0.3) is 0 Å². The van der Waals surface area contributed by atoms with E-state index in [1.165, 1.54) is 68.0 Å². The third-order valence-electron chi connectivity index (χ3n) is 10.5. The van der Waals surface area contributed by atoms with E-state index in [2.05, 4.69) is 10.6 Å². The van der Waals surface area contributed by atoms with E-state index in [0.717, 1.165) is 39.8 Å². The molecule has 2 aliphatic heterocycles. The second-order valence-corrected chi connectivity index (χ2v) is 15.7. The summed E-state index contributed by atoms with van der Waals surface area (Å²) in [5.74, 6) is 1.31. The van der Waals surface area contributed by atoms with E-state index >= 15 is 0 Å². The molecule has 0 radical (unpaired) electrons. The number of nitrogens with one attached hydrogen (secondary N) is 2. The second-order valence-electron chi connectivity index (χ2n) is 13.7. The number of aromatic nitrogens is 1. The Bertz CT molecular complexity index is 1500. The molecule has 8 rings (SSSR count). The lowest BCUT2D eigenvalue weighted by molar-refractivity contribution is -0.136. The lowest BCUT2D eigenvalue weighted by Gasteiger charge is -2.57. The van der Waals surface area contributed by atoms with Crippen LogP contribution in [0.2, 0.25) is 0 Å². The summed E-state index contributed by atoms with van der Waals surface area (Å²) in [4.78, 5) is 69.7. The zero-order valence-electron chi connectivity index (χ0n) is 24.9. The number of thiazole rings is 1. The quantitative estimate of drug-likeness (QED) is 0.276. The minimum atomic E-state index is -0.992. The van der Waals surface area contributed by atoms with E-state index in [9.17, 15) is 24.0 Å². The fourth-order valence-corrected chi connectivity index (χ4v) is 10.6. The standard InChI is InChI=1S/C33H38N4O5S2/c1-18(7-8-33-12-19-9-20(13-33)11-21(10-19)14-33)29(39)34-15-27-35-22(17-44-27)16-43-25-4-2-3-23-28(25)32(42)37(31(23)41)24-5-6-26(38)36-30(24)40/h2-4,17-21,24H,5-16H2,1H3,(H,34,39)(H,36,38,40). The fraction of sp³-hybridized carbons (Fsp3) is 0.576. The summed E-state index contributed by atoms with van der Waals surface area (Å²) >= 11 is 2.91. The molecular formula is C33H38N4O5S2. The Morgan fingerprint density at radius 3 is 2.55 bits per heavy atom. The highest BCUT2D eigenvalue weighted by Gasteiger charge is 2.50. The highest BCUT2D eigenvalue weighted by atomic mass is 32.2. The predicted octanol–water partition coefficient (Wildman–Crippen LogP) is 5.09. The van der Waals surface area contributed by atoms with Crippen molar-refractivity contribution in [1.29, 1.82) is 0 Å². The third-order valence-corrected chi connectivity index (χ3v) is 12.5. The number of imide groups is 2. The summed E-state index contributed by atoms with van der Waals surface area (Å²) in [5, 5.41) is 8.11. The molecule has 5 amide bonds. The Hall–Kier alpha value is -3.05. The summed E-state index contributed by atoms with van der Waals surface area (Å²) in [6.45, 7) is 2.44. The maximum atomic E-state index is 13.4. The van der Waals surface area contributed by atoms with Crippen molar-refractivity contribution >= 4 is 52.6 Å². The smallest absolute Gasteiger partial charge is 0.263 e. The van der Waals surface area contributed by atoms with E-state index in [1.807, 2.05) is 12.3 Å². The zero-order valence-corrected chi connectivity index (χ0v) is 26.6. The molecule has 3 heterocycles. The van der Waals surface area contributed by atoms with Gasteiger partial charge in [-0.1, -0.05) is 13.0 Å². The summed E-state index contributed by atoms with van der Waals surface area (Å²) in [5.41, 5.74) is 1.88. The van der Waals surface area contributed by atoms with Gasteiger partial charge in [0.25, 0.3) is 11.8 Å².